The van der Waals surface area contributed by atoms with Crippen LogP contribution in [-0.2, 0) is 4.79 Å². The van der Waals surface area contributed by atoms with Crippen LogP contribution < -0.4 is 9.47 Å². The molecule has 1 rings (SSSR count). The standard InChI is InChI=1S/C15H22O4S/c1-18-13-6-8-14(9-7-13)19-10-12-20-11-4-2-3-5-15(16)17/h6-9H,2-5,10-12H2,1H3,(H,16,17). The highest BCUT2D eigenvalue weighted by Gasteiger charge is 1.98. The van der Waals surface area contributed by atoms with E-state index in [1.165, 1.54) is 0 Å². The lowest BCUT2D eigenvalue weighted by molar-refractivity contribution is -0.137. The molecule has 0 aliphatic rings. The van der Waals surface area contributed by atoms with Gasteiger partial charge in [0.2, 0.25) is 0 Å². The van der Waals surface area contributed by atoms with Crippen LogP contribution in [0.5, 0.6) is 11.5 Å². The minimum absolute atomic E-state index is 0.283. The van der Waals surface area contributed by atoms with Crippen molar-refractivity contribution in [1.82, 2.24) is 0 Å². The number of benzene rings is 1. The first-order valence-corrected chi connectivity index (χ1v) is 7.94. The van der Waals surface area contributed by atoms with E-state index in [1.807, 2.05) is 36.0 Å². The van der Waals surface area contributed by atoms with Crippen LogP contribution in [0.3, 0.4) is 0 Å². The van der Waals surface area contributed by atoms with E-state index < -0.39 is 5.97 Å². The summed E-state index contributed by atoms with van der Waals surface area (Å²) >= 11 is 1.84. The highest BCUT2D eigenvalue weighted by atomic mass is 32.2. The van der Waals surface area contributed by atoms with Gasteiger partial charge in [0.15, 0.2) is 0 Å². The predicted molar refractivity (Wildman–Crippen MR) is 81.9 cm³/mol. The van der Waals surface area contributed by atoms with Gasteiger partial charge in [-0.3, -0.25) is 4.79 Å². The zero-order chi connectivity index (χ0) is 14.6. The van der Waals surface area contributed by atoms with Crippen LogP contribution in [0.1, 0.15) is 25.7 Å². The lowest BCUT2D eigenvalue weighted by Crippen LogP contribution is -2.01. The minimum atomic E-state index is -0.703. The number of methoxy groups -OCH3 is 1. The first kappa shape index (κ1) is 16.7. The molecule has 0 heterocycles. The van der Waals surface area contributed by atoms with Gasteiger partial charge in [-0.15, -0.1) is 0 Å². The van der Waals surface area contributed by atoms with E-state index in [4.69, 9.17) is 14.6 Å². The van der Waals surface area contributed by atoms with Gasteiger partial charge in [0, 0.05) is 12.2 Å². The topological polar surface area (TPSA) is 55.8 Å². The molecule has 0 radical (unpaired) electrons. The van der Waals surface area contributed by atoms with E-state index >= 15 is 0 Å². The third-order valence-electron chi connectivity index (χ3n) is 2.74. The van der Waals surface area contributed by atoms with Crippen molar-refractivity contribution < 1.29 is 19.4 Å². The average Bonchev–Trinajstić information content (AvgIpc) is 2.46. The molecule has 112 valence electrons. The molecule has 0 aromatic heterocycles. The van der Waals surface area contributed by atoms with Crippen molar-refractivity contribution >= 4 is 17.7 Å². The van der Waals surface area contributed by atoms with Crippen LogP contribution in [0.2, 0.25) is 0 Å². The number of hydrogen-bond donors (Lipinski definition) is 1. The molecule has 1 N–H and O–H groups in total. The molecule has 0 atom stereocenters. The van der Waals surface area contributed by atoms with Crippen LogP contribution in [-0.4, -0.2) is 36.3 Å². The number of aliphatic carboxylic acids is 1. The van der Waals surface area contributed by atoms with Gasteiger partial charge in [-0.2, -0.15) is 11.8 Å². The molecule has 0 aliphatic carbocycles. The van der Waals surface area contributed by atoms with E-state index in [9.17, 15) is 4.79 Å². The second kappa shape index (κ2) is 10.4. The van der Waals surface area contributed by atoms with Crippen molar-refractivity contribution in [3.63, 3.8) is 0 Å². The lowest BCUT2D eigenvalue weighted by Gasteiger charge is -2.07. The molecule has 0 aliphatic heterocycles. The summed E-state index contributed by atoms with van der Waals surface area (Å²) in [7, 11) is 1.64. The molecular formula is C15H22O4S. The van der Waals surface area contributed by atoms with Crippen LogP contribution in [0.25, 0.3) is 0 Å². The summed E-state index contributed by atoms with van der Waals surface area (Å²) in [5.41, 5.74) is 0. The van der Waals surface area contributed by atoms with Crippen molar-refractivity contribution in [2.45, 2.75) is 25.7 Å². The van der Waals surface area contributed by atoms with Gasteiger partial charge in [0.25, 0.3) is 0 Å². The molecule has 0 bridgehead atoms. The Balaban J connectivity index is 1.95. The Bertz CT molecular complexity index is 378. The van der Waals surface area contributed by atoms with Crippen molar-refractivity contribution in [3.05, 3.63) is 24.3 Å². The summed E-state index contributed by atoms with van der Waals surface area (Å²) in [6.07, 6.45) is 3.11. The lowest BCUT2D eigenvalue weighted by atomic mass is 10.2. The van der Waals surface area contributed by atoms with Gasteiger partial charge < -0.3 is 14.6 Å². The smallest absolute Gasteiger partial charge is 0.303 e. The normalized spacial score (nSPS) is 10.2. The summed E-state index contributed by atoms with van der Waals surface area (Å²) in [4.78, 5) is 10.3. The molecule has 5 heteroatoms. The number of ether oxygens (including phenoxy) is 2. The maximum Gasteiger partial charge on any atom is 0.303 e. The highest BCUT2D eigenvalue weighted by Crippen LogP contribution is 2.17. The molecule has 0 amide bonds. The van der Waals surface area contributed by atoms with Crippen LogP contribution in [0.15, 0.2) is 24.3 Å². The monoisotopic (exact) mass is 298 g/mol. The molecule has 20 heavy (non-hydrogen) atoms. The fraction of sp³-hybridized carbons (Fsp3) is 0.533. The van der Waals surface area contributed by atoms with Gasteiger partial charge in [-0.05, 0) is 42.9 Å². The molecule has 4 nitrogen and oxygen atoms in total. The van der Waals surface area contributed by atoms with E-state index in [0.717, 1.165) is 42.3 Å². The van der Waals surface area contributed by atoms with E-state index in [0.29, 0.717) is 6.61 Å². The molecule has 0 saturated heterocycles. The number of rotatable bonds is 11. The Morgan fingerprint density at radius 1 is 1.10 bits per heavy atom. The van der Waals surface area contributed by atoms with Gasteiger partial charge in [-0.25, -0.2) is 0 Å². The molecule has 0 saturated carbocycles. The SMILES string of the molecule is COc1ccc(OCCSCCCCCC(=O)O)cc1. The van der Waals surface area contributed by atoms with E-state index in [1.54, 1.807) is 7.11 Å². The van der Waals surface area contributed by atoms with Crippen molar-refractivity contribution in [2.24, 2.45) is 0 Å². The number of carbonyl (C=O) groups is 1. The predicted octanol–water partition coefficient (Wildman–Crippen LogP) is 3.45. The maximum atomic E-state index is 10.3. The third-order valence-corrected chi connectivity index (χ3v) is 3.77. The summed E-state index contributed by atoms with van der Waals surface area (Å²) in [6.45, 7) is 0.687. The fourth-order valence-electron chi connectivity index (χ4n) is 1.65. The van der Waals surface area contributed by atoms with Gasteiger partial charge in [0.1, 0.15) is 11.5 Å². The van der Waals surface area contributed by atoms with Gasteiger partial charge in [0.05, 0.1) is 13.7 Å². The minimum Gasteiger partial charge on any atom is -0.497 e. The Hall–Kier alpha value is -1.36. The largest absolute Gasteiger partial charge is 0.497 e. The van der Waals surface area contributed by atoms with Crippen molar-refractivity contribution in [3.8, 4) is 11.5 Å². The molecule has 0 unspecified atom stereocenters. The summed E-state index contributed by atoms with van der Waals surface area (Å²) in [6, 6.07) is 7.56. The number of carboxylic acid groups (broad SMARTS) is 1. The Morgan fingerprint density at radius 2 is 1.80 bits per heavy atom. The summed E-state index contributed by atoms with van der Waals surface area (Å²) in [5.74, 6) is 2.99. The molecule has 0 spiro atoms. The first-order valence-electron chi connectivity index (χ1n) is 6.79. The summed E-state index contributed by atoms with van der Waals surface area (Å²) in [5, 5.41) is 8.50. The second-order valence-corrected chi connectivity index (χ2v) is 5.57. The zero-order valence-corrected chi connectivity index (χ0v) is 12.7. The molecule has 1 aromatic carbocycles. The first-order chi connectivity index (χ1) is 9.72. The summed E-state index contributed by atoms with van der Waals surface area (Å²) < 4.78 is 10.7. The zero-order valence-electron chi connectivity index (χ0n) is 11.8. The second-order valence-electron chi connectivity index (χ2n) is 4.34. The van der Waals surface area contributed by atoms with Crippen molar-refractivity contribution in [2.75, 3.05) is 25.2 Å². The Kier molecular flexibility index (Phi) is 8.71. The van der Waals surface area contributed by atoms with Crippen LogP contribution in [0.4, 0.5) is 0 Å². The maximum absolute atomic E-state index is 10.3. The van der Waals surface area contributed by atoms with Crippen molar-refractivity contribution in [1.29, 1.82) is 0 Å². The fourth-order valence-corrected chi connectivity index (χ4v) is 2.46. The van der Waals surface area contributed by atoms with E-state index in [-0.39, 0.29) is 6.42 Å². The Morgan fingerprint density at radius 3 is 2.45 bits per heavy atom. The quantitative estimate of drug-likeness (QED) is 0.634. The average molecular weight is 298 g/mol. The number of thioether (sulfide) groups is 1. The van der Waals surface area contributed by atoms with Crippen LogP contribution >= 0.6 is 11.8 Å². The number of carboxylic acids is 1. The van der Waals surface area contributed by atoms with Gasteiger partial charge >= 0.3 is 5.97 Å². The van der Waals surface area contributed by atoms with Crippen LogP contribution in [0, 0.1) is 0 Å². The highest BCUT2D eigenvalue weighted by molar-refractivity contribution is 7.99. The number of unbranched alkanes of at least 4 members (excludes halogenated alkanes) is 2. The number of hydrogen-bond acceptors (Lipinski definition) is 4. The molecule has 0 fully saturated rings. The van der Waals surface area contributed by atoms with E-state index in [2.05, 4.69) is 0 Å². The third kappa shape index (κ3) is 7.94. The van der Waals surface area contributed by atoms with Gasteiger partial charge in [-0.1, -0.05) is 6.42 Å². The molecular weight excluding hydrogens is 276 g/mol. The Labute approximate surface area is 124 Å². The molecule has 1 aromatic rings.